The quantitative estimate of drug-likeness (QED) is 0.764. The van der Waals surface area contributed by atoms with E-state index in [-0.39, 0.29) is 23.7 Å². The second-order valence-corrected chi connectivity index (χ2v) is 7.47. The minimum atomic E-state index is -3.38. The molecule has 0 amide bonds. The van der Waals surface area contributed by atoms with Gasteiger partial charge in [-0.15, -0.1) is 0 Å². The standard InChI is InChI=1S/C13H18BrNO4S/c1-2-7-15(10-13(16)17)8-9-20(18,19)12-5-3-11(14)4-6-12/h3-6H,2,7-10H2,1H3,(H,16,17). The molecule has 0 atom stereocenters. The highest BCUT2D eigenvalue weighted by Crippen LogP contribution is 2.16. The second kappa shape index (κ2) is 7.75. The van der Waals surface area contributed by atoms with Gasteiger partial charge in [-0.3, -0.25) is 9.69 Å². The molecule has 1 rings (SSSR count). The summed E-state index contributed by atoms with van der Waals surface area (Å²) < 4.78 is 25.1. The molecule has 0 saturated carbocycles. The maximum Gasteiger partial charge on any atom is 0.317 e. The first-order chi connectivity index (χ1) is 9.35. The molecule has 5 nitrogen and oxygen atoms in total. The molecule has 0 bridgehead atoms. The van der Waals surface area contributed by atoms with Gasteiger partial charge in [0.2, 0.25) is 0 Å². The van der Waals surface area contributed by atoms with E-state index in [9.17, 15) is 13.2 Å². The fourth-order valence-corrected chi connectivity index (χ4v) is 3.34. The highest BCUT2D eigenvalue weighted by atomic mass is 79.9. The molecule has 0 unspecified atom stereocenters. The van der Waals surface area contributed by atoms with Gasteiger partial charge >= 0.3 is 5.97 Å². The maximum absolute atomic E-state index is 12.1. The molecular weight excluding hydrogens is 346 g/mol. The Labute approximate surface area is 127 Å². The van der Waals surface area contributed by atoms with Crippen molar-refractivity contribution in [3.8, 4) is 0 Å². The Morgan fingerprint density at radius 1 is 1.25 bits per heavy atom. The van der Waals surface area contributed by atoms with Gasteiger partial charge in [0, 0.05) is 11.0 Å². The molecule has 0 saturated heterocycles. The van der Waals surface area contributed by atoms with Gasteiger partial charge in [-0.2, -0.15) is 0 Å². The van der Waals surface area contributed by atoms with Crippen LogP contribution < -0.4 is 0 Å². The van der Waals surface area contributed by atoms with Gasteiger partial charge in [-0.25, -0.2) is 8.42 Å². The first-order valence-corrected chi connectivity index (χ1v) is 8.72. The van der Waals surface area contributed by atoms with Crippen LogP contribution in [0.3, 0.4) is 0 Å². The molecule has 0 radical (unpaired) electrons. The van der Waals surface area contributed by atoms with Crippen LogP contribution >= 0.6 is 15.9 Å². The van der Waals surface area contributed by atoms with Crippen molar-refractivity contribution in [2.24, 2.45) is 0 Å². The minimum Gasteiger partial charge on any atom is -0.480 e. The zero-order valence-electron chi connectivity index (χ0n) is 11.3. The smallest absolute Gasteiger partial charge is 0.317 e. The SMILES string of the molecule is CCCN(CCS(=O)(=O)c1ccc(Br)cc1)CC(=O)O. The summed E-state index contributed by atoms with van der Waals surface area (Å²) in [5, 5.41) is 8.79. The van der Waals surface area contributed by atoms with E-state index in [1.54, 1.807) is 29.2 Å². The van der Waals surface area contributed by atoms with Crippen LogP contribution in [0.25, 0.3) is 0 Å². The summed E-state index contributed by atoms with van der Waals surface area (Å²) in [6, 6.07) is 6.43. The van der Waals surface area contributed by atoms with Crippen LogP contribution in [0.4, 0.5) is 0 Å². The van der Waals surface area contributed by atoms with E-state index < -0.39 is 15.8 Å². The third kappa shape index (κ3) is 5.60. The van der Waals surface area contributed by atoms with Gasteiger partial charge in [0.05, 0.1) is 17.2 Å². The fourth-order valence-electron chi connectivity index (χ4n) is 1.79. The van der Waals surface area contributed by atoms with E-state index in [1.165, 1.54) is 0 Å². The van der Waals surface area contributed by atoms with Crippen LogP contribution in [-0.4, -0.2) is 49.8 Å². The number of sulfone groups is 1. The predicted molar refractivity (Wildman–Crippen MR) is 80.6 cm³/mol. The van der Waals surface area contributed by atoms with Gasteiger partial charge in [-0.05, 0) is 37.2 Å². The molecule has 0 aliphatic heterocycles. The summed E-state index contributed by atoms with van der Waals surface area (Å²) in [4.78, 5) is 12.6. The zero-order chi connectivity index (χ0) is 15.2. The lowest BCUT2D eigenvalue weighted by Gasteiger charge is -2.19. The normalized spacial score (nSPS) is 11.8. The van der Waals surface area contributed by atoms with Gasteiger partial charge in [-0.1, -0.05) is 22.9 Å². The van der Waals surface area contributed by atoms with E-state index in [0.29, 0.717) is 6.54 Å². The van der Waals surface area contributed by atoms with Crippen LogP contribution in [0.1, 0.15) is 13.3 Å². The van der Waals surface area contributed by atoms with Crippen molar-refractivity contribution in [3.05, 3.63) is 28.7 Å². The molecule has 0 aliphatic carbocycles. The van der Waals surface area contributed by atoms with Crippen LogP contribution in [0.2, 0.25) is 0 Å². The Morgan fingerprint density at radius 3 is 2.35 bits per heavy atom. The van der Waals surface area contributed by atoms with Gasteiger partial charge in [0.1, 0.15) is 0 Å². The summed E-state index contributed by atoms with van der Waals surface area (Å²) in [6.07, 6.45) is 0.783. The summed E-state index contributed by atoms with van der Waals surface area (Å²) >= 11 is 3.25. The van der Waals surface area contributed by atoms with Crippen molar-refractivity contribution in [2.45, 2.75) is 18.2 Å². The van der Waals surface area contributed by atoms with E-state index >= 15 is 0 Å². The number of hydrogen-bond acceptors (Lipinski definition) is 4. The Kier molecular flexibility index (Phi) is 6.64. The van der Waals surface area contributed by atoms with Crippen molar-refractivity contribution >= 4 is 31.7 Å². The molecule has 112 valence electrons. The predicted octanol–water partition coefficient (Wildman–Crippen LogP) is 2.02. The van der Waals surface area contributed by atoms with Gasteiger partial charge in [0.15, 0.2) is 9.84 Å². The zero-order valence-corrected chi connectivity index (χ0v) is 13.7. The number of nitrogens with zero attached hydrogens (tertiary/aromatic N) is 1. The first-order valence-electron chi connectivity index (χ1n) is 6.27. The highest BCUT2D eigenvalue weighted by molar-refractivity contribution is 9.10. The average molecular weight is 364 g/mol. The number of carbonyl (C=O) groups is 1. The Bertz CT molecular complexity index is 542. The third-order valence-electron chi connectivity index (χ3n) is 2.75. The lowest BCUT2D eigenvalue weighted by atomic mass is 10.4. The second-order valence-electron chi connectivity index (χ2n) is 4.44. The number of aliphatic carboxylic acids is 1. The maximum atomic E-state index is 12.1. The molecule has 0 fully saturated rings. The number of halogens is 1. The minimum absolute atomic E-state index is 0.0814. The van der Waals surface area contributed by atoms with Crippen LogP contribution in [-0.2, 0) is 14.6 Å². The summed E-state index contributed by atoms with van der Waals surface area (Å²) in [5.74, 6) is -1.03. The number of carboxylic acid groups (broad SMARTS) is 1. The Hall–Kier alpha value is -0.920. The Balaban J connectivity index is 2.70. The molecule has 0 aromatic heterocycles. The van der Waals surface area contributed by atoms with E-state index in [0.717, 1.165) is 10.9 Å². The van der Waals surface area contributed by atoms with Gasteiger partial charge < -0.3 is 5.11 Å². The van der Waals surface area contributed by atoms with Crippen molar-refractivity contribution in [3.63, 3.8) is 0 Å². The molecule has 1 aromatic rings. The van der Waals surface area contributed by atoms with Crippen molar-refractivity contribution in [1.82, 2.24) is 4.90 Å². The van der Waals surface area contributed by atoms with E-state index in [4.69, 9.17) is 5.11 Å². The number of rotatable bonds is 8. The van der Waals surface area contributed by atoms with E-state index in [2.05, 4.69) is 15.9 Å². The topological polar surface area (TPSA) is 74.7 Å². The molecule has 1 aromatic carbocycles. The number of benzene rings is 1. The van der Waals surface area contributed by atoms with Gasteiger partial charge in [0.25, 0.3) is 0 Å². The van der Waals surface area contributed by atoms with Crippen molar-refractivity contribution < 1.29 is 18.3 Å². The summed E-state index contributed by atoms with van der Waals surface area (Å²) in [6.45, 7) is 2.59. The van der Waals surface area contributed by atoms with Crippen molar-refractivity contribution in [1.29, 1.82) is 0 Å². The third-order valence-corrected chi connectivity index (χ3v) is 4.99. The lowest BCUT2D eigenvalue weighted by Crippen LogP contribution is -2.34. The Morgan fingerprint density at radius 2 is 1.85 bits per heavy atom. The average Bonchev–Trinajstić information content (AvgIpc) is 2.36. The number of hydrogen-bond donors (Lipinski definition) is 1. The summed E-state index contributed by atoms with van der Waals surface area (Å²) in [7, 11) is -3.38. The molecule has 0 spiro atoms. The first kappa shape index (κ1) is 17.1. The van der Waals surface area contributed by atoms with Crippen LogP contribution in [0.5, 0.6) is 0 Å². The largest absolute Gasteiger partial charge is 0.480 e. The molecular formula is C13H18BrNO4S. The lowest BCUT2D eigenvalue weighted by molar-refractivity contribution is -0.138. The molecule has 7 heteroatoms. The fraction of sp³-hybridized carbons (Fsp3) is 0.462. The molecule has 1 N–H and O–H groups in total. The highest BCUT2D eigenvalue weighted by Gasteiger charge is 2.17. The van der Waals surface area contributed by atoms with Crippen molar-refractivity contribution in [2.75, 3.05) is 25.4 Å². The monoisotopic (exact) mass is 363 g/mol. The number of carboxylic acids is 1. The van der Waals surface area contributed by atoms with Crippen LogP contribution in [0.15, 0.2) is 33.6 Å². The molecule has 0 aliphatic rings. The van der Waals surface area contributed by atoms with E-state index in [1.807, 2.05) is 6.92 Å². The van der Waals surface area contributed by atoms with Crippen LogP contribution in [0, 0.1) is 0 Å². The molecule has 20 heavy (non-hydrogen) atoms. The summed E-state index contributed by atoms with van der Waals surface area (Å²) in [5.41, 5.74) is 0. The molecule has 0 heterocycles.